The molecule has 0 unspecified atom stereocenters. The van der Waals surface area contributed by atoms with Gasteiger partial charge in [-0.1, -0.05) is 19.1 Å². The smallest absolute Gasteiger partial charge is 0.222 e. The van der Waals surface area contributed by atoms with E-state index < -0.39 is 0 Å². The lowest BCUT2D eigenvalue weighted by atomic mass is 10.2. The number of hydrogen-bond donors (Lipinski definition) is 1. The van der Waals surface area contributed by atoms with E-state index in [1.807, 2.05) is 31.2 Å². The fraction of sp³-hybridized carbons (Fsp3) is 0.375. The Morgan fingerprint density at radius 3 is 2.76 bits per heavy atom. The SMILES string of the molecule is CCCc1nc(N)c(C)c(OCc2cccc(OC)c2)n1. The number of aromatic nitrogens is 2. The van der Waals surface area contributed by atoms with Gasteiger partial charge in [0.1, 0.15) is 24.0 Å². The van der Waals surface area contributed by atoms with Gasteiger partial charge in [0.2, 0.25) is 5.88 Å². The molecular weight excluding hydrogens is 266 g/mol. The van der Waals surface area contributed by atoms with Crippen molar-refractivity contribution >= 4 is 5.82 Å². The maximum atomic E-state index is 5.92. The summed E-state index contributed by atoms with van der Waals surface area (Å²) in [5.41, 5.74) is 7.71. The number of nitrogens with two attached hydrogens (primary N) is 1. The number of methoxy groups -OCH3 is 1. The Labute approximate surface area is 125 Å². The summed E-state index contributed by atoms with van der Waals surface area (Å²) in [6.07, 6.45) is 1.76. The number of aryl methyl sites for hydroxylation is 1. The van der Waals surface area contributed by atoms with Crippen LogP contribution in [0.5, 0.6) is 11.6 Å². The monoisotopic (exact) mass is 287 g/mol. The van der Waals surface area contributed by atoms with Crippen molar-refractivity contribution in [1.82, 2.24) is 9.97 Å². The van der Waals surface area contributed by atoms with Gasteiger partial charge in [-0.25, -0.2) is 4.98 Å². The predicted molar refractivity (Wildman–Crippen MR) is 82.5 cm³/mol. The highest BCUT2D eigenvalue weighted by atomic mass is 16.5. The Kier molecular flexibility index (Phi) is 4.98. The molecule has 0 aliphatic carbocycles. The van der Waals surface area contributed by atoms with Crippen molar-refractivity contribution < 1.29 is 9.47 Å². The molecule has 21 heavy (non-hydrogen) atoms. The third kappa shape index (κ3) is 3.84. The molecule has 0 fully saturated rings. The summed E-state index contributed by atoms with van der Waals surface area (Å²) >= 11 is 0. The van der Waals surface area contributed by atoms with Gasteiger partial charge in [-0.3, -0.25) is 0 Å². The molecule has 0 amide bonds. The van der Waals surface area contributed by atoms with E-state index in [-0.39, 0.29) is 0 Å². The van der Waals surface area contributed by atoms with Crippen LogP contribution in [-0.2, 0) is 13.0 Å². The van der Waals surface area contributed by atoms with Crippen LogP contribution in [0.4, 0.5) is 5.82 Å². The van der Waals surface area contributed by atoms with Crippen LogP contribution < -0.4 is 15.2 Å². The summed E-state index contributed by atoms with van der Waals surface area (Å²) in [5, 5.41) is 0. The van der Waals surface area contributed by atoms with E-state index in [0.717, 1.165) is 35.5 Å². The van der Waals surface area contributed by atoms with Gasteiger partial charge < -0.3 is 15.2 Å². The van der Waals surface area contributed by atoms with Crippen LogP contribution in [0.1, 0.15) is 30.3 Å². The van der Waals surface area contributed by atoms with Gasteiger partial charge in [0, 0.05) is 6.42 Å². The number of nitrogen functional groups attached to an aromatic ring is 1. The van der Waals surface area contributed by atoms with Crippen molar-refractivity contribution in [2.45, 2.75) is 33.3 Å². The first-order valence-electron chi connectivity index (χ1n) is 7.02. The zero-order chi connectivity index (χ0) is 15.2. The van der Waals surface area contributed by atoms with E-state index >= 15 is 0 Å². The fourth-order valence-corrected chi connectivity index (χ4v) is 1.95. The molecule has 5 nitrogen and oxygen atoms in total. The molecule has 0 spiro atoms. The van der Waals surface area contributed by atoms with Crippen molar-refractivity contribution in [2.24, 2.45) is 0 Å². The van der Waals surface area contributed by atoms with Crippen molar-refractivity contribution in [3.63, 3.8) is 0 Å². The standard InChI is InChI=1S/C16H21N3O2/c1-4-6-14-18-15(17)11(2)16(19-14)21-10-12-7-5-8-13(9-12)20-3/h5,7-9H,4,6,10H2,1-3H3,(H2,17,18,19). The Balaban J connectivity index is 2.15. The Morgan fingerprint density at radius 2 is 2.05 bits per heavy atom. The van der Waals surface area contributed by atoms with Crippen LogP contribution in [0.25, 0.3) is 0 Å². The van der Waals surface area contributed by atoms with Gasteiger partial charge in [0.05, 0.1) is 12.7 Å². The van der Waals surface area contributed by atoms with Gasteiger partial charge in [-0.15, -0.1) is 0 Å². The van der Waals surface area contributed by atoms with Gasteiger partial charge in [0.25, 0.3) is 0 Å². The van der Waals surface area contributed by atoms with Crippen LogP contribution in [0.2, 0.25) is 0 Å². The number of hydrogen-bond acceptors (Lipinski definition) is 5. The molecule has 2 aromatic rings. The van der Waals surface area contributed by atoms with Crippen LogP contribution >= 0.6 is 0 Å². The summed E-state index contributed by atoms with van der Waals surface area (Å²) in [6.45, 7) is 4.36. The number of anilines is 1. The minimum Gasteiger partial charge on any atom is -0.497 e. The molecule has 0 aliphatic heterocycles. The quantitative estimate of drug-likeness (QED) is 0.884. The molecule has 2 N–H and O–H groups in total. The zero-order valence-electron chi connectivity index (χ0n) is 12.7. The maximum Gasteiger partial charge on any atom is 0.222 e. The van der Waals surface area contributed by atoms with Gasteiger partial charge >= 0.3 is 0 Å². The highest BCUT2D eigenvalue weighted by molar-refractivity contribution is 5.44. The molecule has 1 aromatic carbocycles. The third-order valence-electron chi connectivity index (χ3n) is 3.17. The van der Waals surface area contributed by atoms with Crippen molar-refractivity contribution in [1.29, 1.82) is 0 Å². The van der Waals surface area contributed by atoms with Crippen LogP contribution in [0, 0.1) is 6.92 Å². The highest BCUT2D eigenvalue weighted by Gasteiger charge is 2.10. The summed E-state index contributed by atoms with van der Waals surface area (Å²) in [7, 11) is 1.65. The fourth-order valence-electron chi connectivity index (χ4n) is 1.95. The first kappa shape index (κ1) is 15.1. The Morgan fingerprint density at radius 1 is 1.24 bits per heavy atom. The summed E-state index contributed by atoms with van der Waals surface area (Å²) in [6, 6.07) is 7.75. The van der Waals surface area contributed by atoms with Crippen LogP contribution in [0.3, 0.4) is 0 Å². The van der Waals surface area contributed by atoms with Crippen molar-refractivity contribution in [3.05, 3.63) is 41.2 Å². The number of nitrogens with zero attached hydrogens (tertiary/aromatic N) is 2. The molecule has 1 heterocycles. The molecular formula is C16H21N3O2. The molecule has 5 heteroatoms. The topological polar surface area (TPSA) is 70.3 Å². The van der Waals surface area contributed by atoms with Gasteiger partial charge in [0.15, 0.2) is 0 Å². The van der Waals surface area contributed by atoms with E-state index in [2.05, 4.69) is 16.9 Å². The van der Waals surface area contributed by atoms with Gasteiger partial charge in [-0.05, 0) is 31.0 Å². The summed E-state index contributed by atoms with van der Waals surface area (Å²) < 4.78 is 11.0. The third-order valence-corrected chi connectivity index (χ3v) is 3.17. The normalized spacial score (nSPS) is 10.4. The lowest BCUT2D eigenvalue weighted by Gasteiger charge is -2.11. The zero-order valence-corrected chi connectivity index (χ0v) is 12.7. The summed E-state index contributed by atoms with van der Waals surface area (Å²) in [5.74, 6) is 2.56. The Hall–Kier alpha value is -2.30. The molecule has 2 rings (SSSR count). The van der Waals surface area contributed by atoms with Crippen molar-refractivity contribution in [2.75, 3.05) is 12.8 Å². The molecule has 0 bridgehead atoms. The average molecular weight is 287 g/mol. The lowest BCUT2D eigenvalue weighted by Crippen LogP contribution is -2.07. The molecule has 0 saturated carbocycles. The second-order valence-corrected chi connectivity index (χ2v) is 4.85. The summed E-state index contributed by atoms with van der Waals surface area (Å²) in [4.78, 5) is 8.71. The Bertz CT molecular complexity index is 614. The number of ether oxygens (including phenoxy) is 2. The average Bonchev–Trinajstić information content (AvgIpc) is 2.50. The highest BCUT2D eigenvalue weighted by Crippen LogP contribution is 2.22. The maximum absolute atomic E-state index is 5.92. The van der Waals surface area contributed by atoms with E-state index in [0.29, 0.717) is 18.3 Å². The second kappa shape index (κ2) is 6.92. The first-order chi connectivity index (χ1) is 10.1. The van der Waals surface area contributed by atoms with E-state index in [9.17, 15) is 0 Å². The largest absolute Gasteiger partial charge is 0.497 e. The van der Waals surface area contributed by atoms with Crippen LogP contribution in [-0.4, -0.2) is 17.1 Å². The number of rotatable bonds is 6. The minimum absolute atomic E-state index is 0.417. The lowest BCUT2D eigenvalue weighted by molar-refractivity contribution is 0.289. The number of benzene rings is 1. The molecule has 0 atom stereocenters. The van der Waals surface area contributed by atoms with Crippen molar-refractivity contribution in [3.8, 4) is 11.6 Å². The molecule has 0 saturated heterocycles. The van der Waals surface area contributed by atoms with E-state index in [4.69, 9.17) is 15.2 Å². The molecule has 112 valence electrons. The molecule has 1 aromatic heterocycles. The van der Waals surface area contributed by atoms with E-state index in [1.54, 1.807) is 7.11 Å². The van der Waals surface area contributed by atoms with E-state index in [1.165, 1.54) is 0 Å². The first-order valence-corrected chi connectivity index (χ1v) is 7.02. The minimum atomic E-state index is 0.417. The molecule has 0 radical (unpaired) electrons. The van der Waals surface area contributed by atoms with Crippen LogP contribution in [0.15, 0.2) is 24.3 Å². The predicted octanol–water partition coefficient (Wildman–Crippen LogP) is 2.91. The molecule has 0 aliphatic rings. The van der Waals surface area contributed by atoms with Gasteiger partial charge in [-0.2, -0.15) is 4.98 Å². The second-order valence-electron chi connectivity index (χ2n) is 4.85.